The van der Waals surface area contributed by atoms with Crippen molar-refractivity contribution in [1.29, 1.82) is 5.26 Å². The van der Waals surface area contributed by atoms with Gasteiger partial charge in [0.1, 0.15) is 11.6 Å². The molecular formula is C20H23N3O2. The number of hydrogen-bond acceptors (Lipinski definition) is 4. The Morgan fingerprint density at radius 3 is 2.60 bits per heavy atom. The molecule has 2 rings (SSSR count). The fraction of sp³-hybridized carbons (Fsp3) is 0.350. The Morgan fingerprint density at radius 1 is 1.24 bits per heavy atom. The second kappa shape index (κ2) is 8.84. The predicted molar refractivity (Wildman–Crippen MR) is 99.7 cm³/mol. The fourth-order valence-corrected chi connectivity index (χ4v) is 2.68. The quantitative estimate of drug-likeness (QED) is 0.611. The maximum atomic E-state index is 12.5. The lowest BCUT2D eigenvalue weighted by Crippen LogP contribution is -2.25. The molecule has 0 aliphatic carbocycles. The first-order valence-electron chi connectivity index (χ1n) is 8.55. The Hall–Kier alpha value is -2.87. The molecule has 0 bridgehead atoms. The van der Waals surface area contributed by atoms with E-state index in [1.54, 1.807) is 6.92 Å². The molecule has 1 aromatic heterocycles. The number of nitriles is 1. The minimum Gasteiger partial charge on any atom is -0.494 e. The van der Waals surface area contributed by atoms with E-state index in [2.05, 4.69) is 11.9 Å². The summed E-state index contributed by atoms with van der Waals surface area (Å²) < 4.78 is 1.29. The molecule has 1 aromatic carbocycles. The minimum absolute atomic E-state index is 0.0582. The number of para-hydroxylation sites is 1. The molecule has 1 heterocycles. The normalized spacial score (nSPS) is 10.9. The first-order chi connectivity index (χ1) is 12.1. The number of aromatic hydroxyl groups is 1. The van der Waals surface area contributed by atoms with Crippen LogP contribution >= 0.6 is 0 Å². The second-order valence-electron chi connectivity index (χ2n) is 5.96. The van der Waals surface area contributed by atoms with Crippen molar-refractivity contribution in [3.63, 3.8) is 0 Å². The van der Waals surface area contributed by atoms with Crippen molar-refractivity contribution in [2.75, 3.05) is 0 Å². The summed E-state index contributed by atoms with van der Waals surface area (Å²) in [6.07, 6.45) is 5.45. The number of nitrogens with zero attached hydrogens (tertiary/aromatic N) is 3. The molecule has 0 aliphatic rings. The molecule has 130 valence electrons. The van der Waals surface area contributed by atoms with Gasteiger partial charge in [-0.1, -0.05) is 44.4 Å². The van der Waals surface area contributed by atoms with Crippen molar-refractivity contribution < 1.29 is 5.11 Å². The van der Waals surface area contributed by atoms with Crippen LogP contribution in [0.4, 0.5) is 5.69 Å². The molecule has 0 atom stereocenters. The van der Waals surface area contributed by atoms with Crippen LogP contribution in [0, 0.1) is 18.3 Å². The van der Waals surface area contributed by atoms with Crippen molar-refractivity contribution in [3.8, 4) is 11.9 Å². The second-order valence-corrected chi connectivity index (χ2v) is 5.96. The van der Waals surface area contributed by atoms with Gasteiger partial charge in [-0.15, -0.1) is 0 Å². The zero-order valence-electron chi connectivity index (χ0n) is 14.7. The number of benzene rings is 1. The van der Waals surface area contributed by atoms with E-state index in [1.807, 2.05) is 36.4 Å². The topological polar surface area (TPSA) is 78.4 Å². The molecule has 0 saturated carbocycles. The molecule has 0 amide bonds. The van der Waals surface area contributed by atoms with E-state index in [0.717, 1.165) is 31.4 Å². The van der Waals surface area contributed by atoms with Crippen LogP contribution in [-0.2, 0) is 6.54 Å². The largest absolute Gasteiger partial charge is 0.494 e. The third-order valence-corrected chi connectivity index (χ3v) is 4.18. The average molecular weight is 337 g/mol. The highest BCUT2D eigenvalue weighted by molar-refractivity contribution is 5.87. The highest BCUT2D eigenvalue weighted by Gasteiger charge is 2.17. The molecule has 25 heavy (non-hydrogen) atoms. The summed E-state index contributed by atoms with van der Waals surface area (Å²) in [7, 11) is 0. The zero-order chi connectivity index (χ0) is 18.2. The smallest absolute Gasteiger partial charge is 0.271 e. The van der Waals surface area contributed by atoms with Crippen molar-refractivity contribution in [3.05, 3.63) is 57.4 Å². The summed E-state index contributed by atoms with van der Waals surface area (Å²) in [6, 6.07) is 11.3. The highest BCUT2D eigenvalue weighted by atomic mass is 16.3. The molecule has 0 aliphatic heterocycles. The third kappa shape index (κ3) is 4.36. The van der Waals surface area contributed by atoms with Crippen LogP contribution in [0.3, 0.4) is 0 Å². The molecule has 5 heteroatoms. The van der Waals surface area contributed by atoms with E-state index in [4.69, 9.17) is 0 Å². The summed E-state index contributed by atoms with van der Waals surface area (Å²) in [5, 5.41) is 19.9. The predicted octanol–water partition coefficient (Wildman–Crippen LogP) is 4.06. The van der Waals surface area contributed by atoms with E-state index in [-0.39, 0.29) is 11.4 Å². The molecule has 1 N–H and O–H groups in total. The van der Waals surface area contributed by atoms with Gasteiger partial charge in [0.15, 0.2) is 0 Å². The standard InChI is InChI=1S/C20H23N3O2/c1-3-4-5-9-12-23-19(24)17(13-21)15(2)18(20(23)25)14-22-16-10-7-6-8-11-16/h6-8,10-11,14,25H,3-5,9,12H2,1-2H3. The van der Waals surface area contributed by atoms with Crippen molar-refractivity contribution in [2.45, 2.75) is 46.1 Å². The van der Waals surface area contributed by atoms with Crippen LogP contribution in [0.5, 0.6) is 5.88 Å². The van der Waals surface area contributed by atoms with Gasteiger partial charge in [-0.25, -0.2) is 0 Å². The zero-order valence-corrected chi connectivity index (χ0v) is 14.7. The maximum absolute atomic E-state index is 12.5. The van der Waals surface area contributed by atoms with Gasteiger partial charge in [0.05, 0.1) is 11.3 Å². The molecule has 0 unspecified atom stereocenters. The Balaban J connectivity index is 2.43. The van der Waals surface area contributed by atoms with E-state index < -0.39 is 5.56 Å². The van der Waals surface area contributed by atoms with Gasteiger partial charge in [-0.05, 0) is 31.0 Å². The Labute approximate surface area is 147 Å². The van der Waals surface area contributed by atoms with E-state index in [1.165, 1.54) is 10.8 Å². The van der Waals surface area contributed by atoms with Crippen LogP contribution in [0.15, 0.2) is 40.1 Å². The Kier molecular flexibility index (Phi) is 6.53. The summed E-state index contributed by atoms with van der Waals surface area (Å²) >= 11 is 0. The van der Waals surface area contributed by atoms with Crippen molar-refractivity contribution >= 4 is 11.9 Å². The SMILES string of the molecule is CCCCCCn1c(O)c(C=Nc2ccccc2)c(C)c(C#N)c1=O. The summed E-state index contributed by atoms with van der Waals surface area (Å²) in [6.45, 7) is 4.17. The van der Waals surface area contributed by atoms with E-state index in [0.29, 0.717) is 17.7 Å². The van der Waals surface area contributed by atoms with Crippen LogP contribution in [0.2, 0.25) is 0 Å². The molecule has 0 saturated heterocycles. The monoisotopic (exact) mass is 337 g/mol. The summed E-state index contributed by atoms with van der Waals surface area (Å²) in [5.41, 5.74) is 1.22. The van der Waals surface area contributed by atoms with E-state index in [9.17, 15) is 15.2 Å². The summed E-state index contributed by atoms with van der Waals surface area (Å²) in [4.78, 5) is 16.8. The van der Waals surface area contributed by atoms with Crippen molar-refractivity contribution in [1.82, 2.24) is 4.57 Å². The van der Waals surface area contributed by atoms with Crippen LogP contribution in [0.25, 0.3) is 0 Å². The van der Waals surface area contributed by atoms with Gasteiger partial charge in [-0.2, -0.15) is 5.26 Å². The van der Waals surface area contributed by atoms with Crippen LogP contribution in [-0.4, -0.2) is 15.9 Å². The number of aromatic nitrogens is 1. The Morgan fingerprint density at radius 2 is 1.96 bits per heavy atom. The van der Waals surface area contributed by atoms with Gasteiger partial charge >= 0.3 is 0 Å². The van der Waals surface area contributed by atoms with E-state index >= 15 is 0 Å². The molecule has 5 nitrogen and oxygen atoms in total. The number of aliphatic imine (C=N–C) groups is 1. The fourth-order valence-electron chi connectivity index (χ4n) is 2.68. The Bertz CT molecular complexity index is 846. The van der Waals surface area contributed by atoms with Crippen LogP contribution in [0.1, 0.15) is 49.3 Å². The van der Waals surface area contributed by atoms with Gasteiger partial charge in [0.2, 0.25) is 5.88 Å². The number of unbranched alkanes of at least 4 members (excludes halogenated alkanes) is 3. The molecule has 0 fully saturated rings. The maximum Gasteiger partial charge on any atom is 0.271 e. The van der Waals surface area contributed by atoms with Crippen molar-refractivity contribution in [2.24, 2.45) is 4.99 Å². The molecule has 2 aromatic rings. The molecule has 0 radical (unpaired) electrons. The molecule has 0 spiro atoms. The lowest BCUT2D eigenvalue weighted by Gasteiger charge is -2.13. The van der Waals surface area contributed by atoms with Gasteiger partial charge < -0.3 is 5.11 Å². The number of hydrogen-bond donors (Lipinski definition) is 1. The number of pyridine rings is 1. The first kappa shape index (κ1) is 18.5. The van der Waals surface area contributed by atoms with Gasteiger partial charge in [0.25, 0.3) is 5.56 Å². The van der Waals surface area contributed by atoms with Gasteiger partial charge in [-0.3, -0.25) is 14.4 Å². The number of rotatable bonds is 7. The average Bonchev–Trinajstić information content (AvgIpc) is 2.62. The van der Waals surface area contributed by atoms with Gasteiger partial charge in [0, 0.05) is 12.8 Å². The third-order valence-electron chi connectivity index (χ3n) is 4.18. The lowest BCUT2D eigenvalue weighted by atomic mass is 10.1. The first-order valence-corrected chi connectivity index (χ1v) is 8.55. The lowest BCUT2D eigenvalue weighted by molar-refractivity contribution is 0.397. The molecular weight excluding hydrogens is 314 g/mol. The summed E-state index contributed by atoms with van der Waals surface area (Å²) in [5.74, 6) is -0.127. The van der Waals surface area contributed by atoms with Crippen LogP contribution < -0.4 is 5.56 Å². The highest BCUT2D eigenvalue weighted by Crippen LogP contribution is 2.21. The minimum atomic E-state index is -0.439.